The Kier molecular flexibility index (Phi) is 4.38. The van der Waals surface area contributed by atoms with Gasteiger partial charge in [-0.3, -0.25) is 14.5 Å². The fraction of sp³-hybridized carbons (Fsp3) is 0.727. The van der Waals surface area contributed by atoms with E-state index >= 15 is 0 Å². The number of H-pyrrole nitrogens is 1. The van der Waals surface area contributed by atoms with Gasteiger partial charge < -0.3 is 10.3 Å². The summed E-state index contributed by atoms with van der Waals surface area (Å²) in [5.41, 5.74) is 0.887. The van der Waals surface area contributed by atoms with Crippen molar-refractivity contribution in [3.05, 3.63) is 33.7 Å². The van der Waals surface area contributed by atoms with E-state index in [0.717, 1.165) is 62.3 Å². The number of piperidine rings is 1. The van der Waals surface area contributed by atoms with Gasteiger partial charge in [0.2, 0.25) is 0 Å². The van der Waals surface area contributed by atoms with Crippen molar-refractivity contribution in [3.8, 4) is 0 Å². The van der Waals surface area contributed by atoms with Crippen LogP contribution in [0, 0.1) is 17.8 Å². The van der Waals surface area contributed by atoms with Gasteiger partial charge in [0.1, 0.15) is 5.56 Å². The molecule has 6 rings (SSSR count). The third-order valence-electron chi connectivity index (χ3n) is 7.47. The Morgan fingerprint density at radius 3 is 2.26 bits per heavy atom. The van der Waals surface area contributed by atoms with E-state index < -0.39 is 0 Å². The van der Waals surface area contributed by atoms with Crippen LogP contribution in [0.2, 0.25) is 0 Å². The van der Waals surface area contributed by atoms with Gasteiger partial charge in [-0.2, -0.15) is 0 Å². The third kappa shape index (κ3) is 3.46. The quantitative estimate of drug-likeness (QED) is 0.857. The molecular formula is C22H31N3O2. The highest BCUT2D eigenvalue weighted by atomic mass is 16.2. The van der Waals surface area contributed by atoms with Crippen LogP contribution in [-0.4, -0.2) is 34.4 Å². The highest BCUT2D eigenvalue weighted by Crippen LogP contribution is 2.55. The van der Waals surface area contributed by atoms with E-state index in [-0.39, 0.29) is 22.6 Å². The van der Waals surface area contributed by atoms with Crippen LogP contribution < -0.4 is 10.9 Å². The van der Waals surface area contributed by atoms with Crippen molar-refractivity contribution < 1.29 is 4.79 Å². The first-order chi connectivity index (χ1) is 13.1. The van der Waals surface area contributed by atoms with Gasteiger partial charge in [0.15, 0.2) is 0 Å². The summed E-state index contributed by atoms with van der Waals surface area (Å²) >= 11 is 0. The van der Waals surface area contributed by atoms with Gasteiger partial charge >= 0.3 is 0 Å². The molecule has 5 aliphatic rings. The Morgan fingerprint density at radius 2 is 1.67 bits per heavy atom. The molecule has 0 unspecified atom stereocenters. The molecule has 5 nitrogen and oxygen atoms in total. The number of aromatic nitrogens is 1. The number of rotatable bonds is 4. The fourth-order valence-corrected chi connectivity index (χ4v) is 6.72. The van der Waals surface area contributed by atoms with E-state index in [1.807, 2.05) is 6.07 Å². The average molecular weight is 370 g/mol. The number of nitrogens with one attached hydrogen (secondary N) is 2. The summed E-state index contributed by atoms with van der Waals surface area (Å²) in [5.74, 6) is 2.16. The van der Waals surface area contributed by atoms with Crippen LogP contribution in [0.5, 0.6) is 0 Å². The molecule has 0 atom stereocenters. The number of hydrogen-bond acceptors (Lipinski definition) is 3. The lowest BCUT2D eigenvalue weighted by molar-refractivity contribution is -0.0167. The van der Waals surface area contributed by atoms with Crippen molar-refractivity contribution in [1.82, 2.24) is 15.2 Å². The summed E-state index contributed by atoms with van der Waals surface area (Å²) in [6, 6.07) is 3.65. The van der Waals surface area contributed by atoms with Gasteiger partial charge in [0, 0.05) is 17.8 Å². The first kappa shape index (κ1) is 17.5. The molecule has 5 heteroatoms. The highest BCUT2D eigenvalue weighted by molar-refractivity contribution is 5.94. The van der Waals surface area contributed by atoms with Crippen molar-refractivity contribution in [1.29, 1.82) is 0 Å². The standard InChI is InChI=1S/C22H31N3O2/c26-20-19(5-4-18(23-20)14-25-6-2-1-3-7-25)21(27)24-22-11-15-8-16(12-22)10-17(9-15)13-22/h4-5,15-17H,1-3,6-14H2,(H,23,26)(H,24,27). The molecule has 0 radical (unpaired) electrons. The van der Waals surface area contributed by atoms with Crippen molar-refractivity contribution in [2.75, 3.05) is 13.1 Å². The topological polar surface area (TPSA) is 65.2 Å². The molecule has 1 aromatic heterocycles. The molecule has 0 aromatic carbocycles. The molecule has 4 aliphatic carbocycles. The summed E-state index contributed by atoms with van der Waals surface area (Å²) < 4.78 is 0. The van der Waals surface area contributed by atoms with E-state index in [0.29, 0.717) is 0 Å². The van der Waals surface area contributed by atoms with Gasteiger partial charge in [0.05, 0.1) is 0 Å². The third-order valence-corrected chi connectivity index (χ3v) is 7.47. The molecule has 1 saturated heterocycles. The Hall–Kier alpha value is -1.62. The van der Waals surface area contributed by atoms with Crippen LogP contribution in [0.4, 0.5) is 0 Å². The number of carbonyl (C=O) groups excluding carboxylic acids is 1. The van der Waals surface area contributed by atoms with E-state index in [1.54, 1.807) is 6.07 Å². The monoisotopic (exact) mass is 369 g/mol. The lowest BCUT2D eigenvalue weighted by Gasteiger charge is -2.56. The molecule has 27 heavy (non-hydrogen) atoms. The Bertz CT molecular complexity index is 743. The van der Waals surface area contributed by atoms with Crippen LogP contribution in [0.15, 0.2) is 16.9 Å². The van der Waals surface area contributed by atoms with Gasteiger partial charge in [-0.1, -0.05) is 6.42 Å². The number of nitrogens with zero attached hydrogens (tertiary/aromatic N) is 1. The Balaban J connectivity index is 1.28. The summed E-state index contributed by atoms with van der Waals surface area (Å²) in [4.78, 5) is 30.8. The summed E-state index contributed by atoms with van der Waals surface area (Å²) in [7, 11) is 0. The predicted molar refractivity (Wildman–Crippen MR) is 105 cm³/mol. The van der Waals surface area contributed by atoms with Crippen molar-refractivity contribution in [2.45, 2.75) is 69.9 Å². The maximum Gasteiger partial charge on any atom is 0.261 e. The second-order valence-electron chi connectivity index (χ2n) is 9.72. The normalized spacial score (nSPS) is 35.3. The van der Waals surface area contributed by atoms with E-state index in [4.69, 9.17) is 0 Å². The average Bonchev–Trinajstić information content (AvgIpc) is 2.61. The van der Waals surface area contributed by atoms with Crippen LogP contribution in [0.1, 0.15) is 73.8 Å². The number of amides is 1. The molecule has 2 heterocycles. The van der Waals surface area contributed by atoms with Crippen molar-refractivity contribution >= 4 is 5.91 Å². The lowest BCUT2D eigenvalue weighted by Crippen LogP contribution is -2.60. The number of carbonyl (C=O) groups is 1. The molecule has 5 fully saturated rings. The minimum absolute atomic E-state index is 0.0508. The second kappa shape index (κ2) is 6.77. The molecular weight excluding hydrogens is 338 g/mol. The largest absolute Gasteiger partial charge is 0.346 e. The first-order valence-corrected chi connectivity index (χ1v) is 10.9. The molecule has 2 N–H and O–H groups in total. The van der Waals surface area contributed by atoms with E-state index in [2.05, 4.69) is 15.2 Å². The van der Waals surface area contributed by atoms with Gasteiger partial charge in [-0.25, -0.2) is 0 Å². The fourth-order valence-electron chi connectivity index (χ4n) is 6.72. The SMILES string of the molecule is O=C(NC12CC3CC(CC(C3)C1)C2)c1ccc(CN2CCCCC2)[nH]c1=O. The maximum absolute atomic E-state index is 12.9. The van der Waals surface area contributed by atoms with Crippen LogP contribution in [0.3, 0.4) is 0 Å². The van der Waals surface area contributed by atoms with Crippen LogP contribution in [0.25, 0.3) is 0 Å². The molecule has 0 spiro atoms. The zero-order valence-corrected chi connectivity index (χ0v) is 16.1. The lowest BCUT2D eigenvalue weighted by atomic mass is 9.53. The zero-order chi connectivity index (χ0) is 18.4. The molecule has 1 amide bonds. The van der Waals surface area contributed by atoms with E-state index in [1.165, 1.54) is 38.5 Å². The smallest absolute Gasteiger partial charge is 0.261 e. The van der Waals surface area contributed by atoms with E-state index in [9.17, 15) is 9.59 Å². The van der Waals surface area contributed by atoms with Gasteiger partial charge in [-0.15, -0.1) is 0 Å². The maximum atomic E-state index is 12.9. The molecule has 1 aliphatic heterocycles. The minimum atomic E-state index is -0.244. The first-order valence-electron chi connectivity index (χ1n) is 10.9. The second-order valence-corrected chi connectivity index (χ2v) is 9.72. The molecule has 4 bridgehead atoms. The molecule has 4 saturated carbocycles. The minimum Gasteiger partial charge on any atom is -0.346 e. The summed E-state index contributed by atoms with van der Waals surface area (Å²) in [6.07, 6.45) is 11.1. The zero-order valence-electron chi connectivity index (χ0n) is 16.1. The van der Waals surface area contributed by atoms with Gasteiger partial charge in [-0.05, 0) is 94.3 Å². The highest BCUT2D eigenvalue weighted by Gasteiger charge is 2.51. The Morgan fingerprint density at radius 1 is 1.04 bits per heavy atom. The summed E-state index contributed by atoms with van der Waals surface area (Å²) in [6.45, 7) is 2.96. The number of pyridine rings is 1. The summed E-state index contributed by atoms with van der Waals surface area (Å²) in [5, 5.41) is 3.31. The van der Waals surface area contributed by atoms with Gasteiger partial charge in [0.25, 0.3) is 11.5 Å². The Labute approximate surface area is 160 Å². The van der Waals surface area contributed by atoms with Crippen LogP contribution in [-0.2, 0) is 6.54 Å². The number of likely N-dealkylation sites (tertiary alicyclic amines) is 1. The predicted octanol–water partition coefficient (Wildman–Crippen LogP) is 3.06. The number of hydrogen-bond donors (Lipinski definition) is 2. The van der Waals surface area contributed by atoms with Crippen LogP contribution >= 0.6 is 0 Å². The molecule has 146 valence electrons. The van der Waals surface area contributed by atoms with Crippen molar-refractivity contribution in [3.63, 3.8) is 0 Å². The van der Waals surface area contributed by atoms with Crippen molar-refractivity contribution in [2.24, 2.45) is 17.8 Å². The molecule has 1 aromatic rings. The number of aromatic amines is 1.